The number of hydrogen-bond donors (Lipinski definition) is 1. The third-order valence-corrected chi connectivity index (χ3v) is 4.79. The summed E-state index contributed by atoms with van der Waals surface area (Å²) in [6.45, 7) is 7.18. The van der Waals surface area contributed by atoms with Crippen LogP contribution in [0.4, 0.5) is 0 Å². The monoisotopic (exact) mass is 322 g/mol. The first kappa shape index (κ1) is 16.5. The molecule has 2 rings (SSSR count). The van der Waals surface area contributed by atoms with Crippen LogP contribution in [0.1, 0.15) is 29.9 Å². The number of thiophene rings is 1. The maximum absolute atomic E-state index is 5.94. The molecular weight excluding hydrogens is 300 g/mol. The van der Waals surface area contributed by atoms with Crippen molar-refractivity contribution in [1.29, 1.82) is 0 Å². The van der Waals surface area contributed by atoms with Crippen molar-refractivity contribution in [3.8, 4) is 0 Å². The Morgan fingerprint density at radius 2 is 1.90 bits per heavy atom. The smallest absolute Gasteiger partial charge is 0.0931 e. The summed E-state index contributed by atoms with van der Waals surface area (Å²) in [5, 5.41) is 3.47. The Kier molecular flexibility index (Phi) is 6.24. The van der Waals surface area contributed by atoms with E-state index in [1.165, 1.54) is 16.0 Å². The predicted octanol–water partition coefficient (Wildman–Crippen LogP) is 4.53. The lowest BCUT2D eigenvalue weighted by atomic mass is 10.1. The van der Waals surface area contributed by atoms with Gasteiger partial charge in [-0.1, -0.05) is 35.9 Å². The molecule has 114 valence electrons. The maximum Gasteiger partial charge on any atom is 0.0931 e. The number of nitrogens with zero attached hydrogens (tertiary/aromatic N) is 1. The van der Waals surface area contributed by atoms with Crippen molar-refractivity contribution in [3.05, 3.63) is 56.7 Å². The van der Waals surface area contributed by atoms with E-state index >= 15 is 0 Å². The molecule has 21 heavy (non-hydrogen) atoms. The van der Waals surface area contributed by atoms with E-state index in [1.807, 2.05) is 6.07 Å². The fraction of sp³-hybridized carbons (Fsp3) is 0.412. The first-order valence-electron chi connectivity index (χ1n) is 7.27. The Hall–Kier alpha value is -0.870. The average molecular weight is 323 g/mol. The Bertz CT molecular complexity index is 565. The average Bonchev–Trinajstić information content (AvgIpc) is 2.85. The normalized spacial score (nSPS) is 11.5. The quantitative estimate of drug-likeness (QED) is 0.805. The number of hydrogen-bond acceptors (Lipinski definition) is 3. The van der Waals surface area contributed by atoms with Crippen LogP contribution in [0.2, 0.25) is 4.34 Å². The molecule has 0 radical (unpaired) electrons. The molecule has 0 atom stereocenters. The molecule has 0 saturated carbocycles. The lowest BCUT2D eigenvalue weighted by Gasteiger charge is -2.21. The van der Waals surface area contributed by atoms with Gasteiger partial charge >= 0.3 is 0 Å². The van der Waals surface area contributed by atoms with E-state index in [0.29, 0.717) is 6.04 Å². The molecular formula is C17H23ClN2S. The molecule has 1 aromatic carbocycles. The Labute approximate surface area is 136 Å². The highest BCUT2D eigenvalue weighted by Crippen LogP contribution is 2.21. The van der Waals surface area contributed by atoms with Gasteiger partial charge in [0.2, 0.25) is 0 Å². The van der Waals surface area contributed by atoms with Gasteiger partial charge in [-0.15, -0.1) is 11.3 Å². The topological polar surface area (TPSA) is 15.3 Å². The lowest BCUT2D eigenvalue weighted by Crippen LogP contribution is -2.25. The Morgan fingerprint density at radius 1 is 1.14 bits per heavy atom. The fourth-order valence-corrected chi connectivity index (χ4v) is 3.14. The summed E-state index contributed by atoms with van der Waals surface area (Å²) in [6.07, 6.45) is 0. The maximum atomic E-state index is 5.94. The first-order chi connectivity index (χ1) is 10.0. The molecule has 0 spiro atoms. The second-order valence-electron chi connectivity index (χ2n) is 5.64. The minimum Gasteiger partial charge on any atom is -0.308 e. The molecule has 1 N–H and O–H groups in total. The van der Waals surface area contributed by atoms with E-state index in [1.54, 1.807) is 11.3 Å². The van der Waals surface area contributed by atoms with Crippen molar-refractivity contribution in [2.24, 2.45) is 0 Å². The van der Waals surface area contributed by atoms with Crippen molar-refractivity contribution in [2.75, 3.05) is 7.05 Å². The Morgan fingerprint density at radius 3 is 2.57 bits per heavy atom. The van der Waals surface area contributed by atoms with Gasteiger partial charge in [-0.25, -0.2) is 0 Å². The van der Waals surface area contributed by atoms with Crippen molar-refractivity contribution in [1.82, 2.24) is 10.2 Å². The zero-order chi connectivity index (χ0) is 15.2. The summed E-state index contributed by atoms with van der Waals surface area (Å²) in [6, 6.07) is 13.4. The van der Waals surface area contributed by atoms with Gasteiger partial charge in [-0.05, 0) is 44.2 Å². The fourth-order valence-electron chi connectivity index (χ4n) is 2.09. The van der Waals surface area contributed by atoms with E-state index in [0.717, 1.165) is 24.0 Å². The van der Waals surface area contributed by atoms with Gasteiger partial charge in [-0.3, -0.25) is 4.90 Å². The number of nitrogens with one attached hydrogen (secondary N) is 1. The van der Waals surface area contributed by atoms with Crippen LogP contribution in [-0.2, 0) is 19.6 Å². The van der Waals surface area contributed by atoms with Crippen LogP contribution >= 0.6 is 22.9 Å². The summed E-state index contributed by atoms with van der Waals surface area (Å²) < 4.78 is 0.852. The van der Waals surface area contributed by atoms with Gasteiger partial charge in [0.25, 0.3) is 0 Å². The molecule has 0 aliphatic heterocycles. The summed E-state index contributed by atoms with van der Waals surface area (Å²) >= 11 is 7.57. The third kappa shape index (κ3) is 5.44. The van der Waals surface area contributed by atoms with Gasteiger partial charge in [-0.2, -0.15) is 0 Å². The first-order valence-corrected chi connectivity index (χ1v) is 8.47. The number of benzene rings is 1. The van der Waals surface area contributed by atoms with Crippen LogP contribution in [0.5, 0.6) is 0 Å². The van der Waals surface area contributed by atoms with Crippen LogP contribution in [0, 0.1) is 0 Å². The number of rotatable bonds is 7. The molecule has 0 aliphatic carbocycles. The second kappa shape index (κ2) is 7.95. The van der Waals surface area contributed by atoms with Gasteiger partial charge < -0.3 is 5.32 Å². The second-order valence-corrected chi connectivity index (χ2v) is 7.44. The third-order valence-electron chi connectivity index (χ3n) is 3.56. The minimum absolute atomic E-state index is 0.565. The van der Waals surface area contributed by atoms with Gasteiger partial charge in [0.15, 0.2) is 0 Å². The summed E-state index contributed by atoms with van der Waals surface area (Å²) in [5.74, 6) is 0. The van der Waals surface area contributed by atoms with E-state index in [2.05, 4.69) is 61.4 Å². The van der Waals surface area contributed by atoms with Crippen molar-refractivity contribution < 1.29 is 0 Å². The minimum atomic E-state index is 0.565. The van der Waals surface area contributed by atoms with E-state index in [4.69, 9.17) is 11.6 Å². The van der Waals surface area contributed by atoms with Crippen molar-refractivity contribution in [2.45, 2.75) is 39.5 Å². The van der Waals surface area contributed by atoms with Gasteiger partial charge in [0.1, 0.15) is 0 Å². The highest BCUT2D eigenvalue weighted by molar-refractivity contribution is 7.16. The standard InChI is InChI=1S/C17H23ClN2S/c1-13(2)20(3)12-15-6-4-5-14(9-15)10-19-11-16-7-8-17(18)21-16/h4-9,13,19H,10-12H2,1-3H3. The molecule has 1 heterocycles. The number of halogens is 1. The van der Waals surface area contributed by atoms with Gasteiger partial charge in [0, 0.05) is 30.6 Å². The summed E-state index contributed by atoms with van der Waals surface area (Å²) in [5.41, 5.74) is 2.69. The predicted molar refractivity (Wildman–Crippen MR) is 92.9 cm³/mol. The van der Waals surface area contributed by atoms with E-state index < -0.39 is 0 Å². The van der Waals surface area contributed by atoms with Crippen molar-refractivity contribution in [3.63, 3.8) is 0 Å². The molecule has 2 nitrogen and oxygen atoms in total. The van der Waals surface area contributed by atoms with Crippen LogP contribution in [0.25, 0.3) is 0 Å². The molecule has 0 bridgehead atoms. The zero-order valence-electron chi connectivity index (χ0n) is 12.9. The Balaban J connectivity index is 1.86. The van der Waals surface area contributed by atoms with Crippen LogP contribution < -0.4 is 5.32 Å². The van der Waals surface area contributed by atoms with Crippen LogP contribution in [0.15, 0.2) is 36.4 Å². The highest BCUT2D eigenvalue weighted by Gasteiger charge is 2.05. The molecule has 0 unspecified atom stereocenters. The van der Waals surface area contributed by atoms with Crippen molar-refractivity contribution >= 4 is 22.9 Å². The molecule has 0 aliphatic rings. The summed E-state index contributed by atoms with van der Waals surface area (Å²) in [7, 11) is 2.16. The molecule has 2 aromatic rings. The zero-order valence-corrected chi connectivity index (χ0v) is 14.5. The molecule has 4 heteroatoms. The molecule has 0 amide bonds. The van der Waals surface area contributed by atoms with E-state index in [-0.39, 0.29) is 0 Å². The van der Waals surface area contributed by atoms with Crippen LogP contribution in [0.3, 0.4) is 0 Å². The lowest BCUT2D eigenvalue weighted by molar-refractivity contribution is 0.266. The molecule has 0 fully saturated rings. The largest absolute Gasteiger partial charge is 0.308 e. The van der Waals surface area contributed by atoms with Gasteiger partial charge in [0.05, 0.1) is 4.34 Å². The van der Waals surface area contributed by atoms with Crippen LogP contribution in [-0.4, -0.2) is 18.0 Å². The summed E-state index contributed by atoms with van der Waals surface area (Å²) in [4.78, 5) is 3.62. The highest BCUT2D eigenvalue weighted by atomic mass is 35.5. The molecule has 0 saturated heterocycles. The van der Waals surface area contributed by atoms with E-state index in [9.17, 15) is 0 Å². The SMILES string of the molecule is CC(C)N(C)Cc1cccc(CNCc2ccc(Cl)s2)c1. The molecule has 1 aromatic heterocycles.